The fourth-order valence-electron chi connectivity index (χ4n) is 3.35. The summed E-state index contributed by atoms with van der Waals surface area (Å²) in [5, 5.41) is 23.5. The zero-order valence-corrected chi connectivity index (χ0v) is 17.3. The molecule has 0 saturated carbocycles. The SMILES string of the molecule is N#Cc1ccc(C(NC(=O)O)C2=C(Nc3cccc(C(F)(F)F)c3)CCC2=O)c(Br)c1. The monoisotopic (exact) mass is 493 g/mol. The van der Waals surface area contributed by atoms with Crippen LogP contribution in [-0.4, -0.2) is 17.0 Å². The quantitative estimate of drug-likeness (QED) is 0.519. The van der Waals surface area contributed by atoms with E-state index in [0.717, 1.165) is 12.1 Å². The standard InChI is InChI=1S/C21H15BrF3N3O3/c22-15-8-11(10-26)4-5-14(15)19(28-20(30)31)18-16(6-7-17(18)29)27-13-3-1-2-12(9-13)21(23,24)25/h1-5,8-9,19,27-28H,6-7H2,(H,30,31). The van der Waals surface area contributed by atoms with Crippen molar-refractivity contribution in [3.63, 3.8) is 0 Å². The Labute approximate surface area is 183 Å². The maximum Gasteiger partial charge on any atom is 0.416 e. The molecule has 160 valence electrons. The van der Waals surface area contributed by atoms with Crippen molar-refractivity contribution in [1.82, 2.24) is 5.32 Å². The van der Waals surface area contributed by atoms with Gasteiger partial charge in [-0.15, -0.1) is 0 Å². The Hall–Kier alpha value is -3.32. The molecule has 1 atom stereocenters. The van der Waals surface area contributed by atoms with E-state index < -0.39 is 23.9 Å². The van der Waals surface area contributed by atoms with Crippen LogP contribution in [0.2, 0.25) is 0 Å². The molecule has 0 heterocycles. The zero-order chi connectivity index (χ0) is 22.8. The number of nitrogens with zero attached hydrogens (tertiary/aromatic N) is 1. The highest BCUT2D eigenvalue weighted by Crippen LogP contribution is 2.38. The van der Waals surface area contributed by atoms with E-state index in [0.29, 0.717) is 21.3 Å². The number of amides is 1. The van der Waals surface area contributed by atoms with Crippen molar-refractivity contribution in [2.45, 2.75) is 25.1 Å². The van der Waals surface area contributed by atoms with Crippen LogP contribution in [0.4, 0.5) is 23.7 Å². The zero-order valence-electron chi connectivity index (χ0n) is 15.8. The lowest BCUT2D eigenvalue weighted by molar-refractivity contribution is -0.137. The molecular formula is C21H15BrF3N3O3. The second-order valence-electron chi connectivity index (χ2n) is 6.75. The van der Waals surface area contributed by atoms with Gasteiger partial charge in [0.15, 0.2) is 5.78 Å². The smallest absolute Gasteiger partial charge is 0.416 e. The van der Waals surface area contributed by atoms with Gasteiger partial charge in [0.1, 0.15) is 0 Å². The van der Waals surface area contributed by atoms with Gasteiger partial charge in [0, 0.05) is 27.9 Å². The predicted molar refractivity (Wildman–Crippen MR) is 109 cm³/mol. The maximum absolute atomic E-state index is 13.0. The number of carboxylic acid groups (broad SMARTS) is 1. The van der Waals surface area contributed by atoms with Crippen LogP contribution in [-0.2, 0) is 11.0 Å². The summed E-state index contributed by atoms with van der Waals surface area (Å²) in [5.41, 5.74) is 0.460. The van der Waals surface area contributed by atoms with Gasteiger partial charge in [0.25, 0.3) is 0 Å². The number of hydrogen-bond acceptors (Lipinski definition) is 4. The lowest BCUT2D eigenvalue weighted by Crippen LogP contribution is -2.31. The normalized spacial score (nSPS) is 14.9. The first-order chi connectivity index (χ1) is 14.6. The largest absolute Gasteiger partial charge is 0.465 e. The Balaban J connectivity index is 2.06. The topological polar surface area (TPSA) is 102 Å². The first-order valence-corrected chi connectivity index (χ1v) is 9.79. The molecule has 0 fully saturated rings. The molecule has 3 rings (SSSR count). The van der Waals surface area contributed by atoms with Gasteiger partial charge < -0.3 is 15.7 Å². The minimum absolute atomic E-state index is 0.0856. The molecule has 0 bridgehead atoms. The fourth-order valence-corrected chi connectivity index (χ4v) is 3.96. The van der Waals surface area contributed by atoms with Gasteiger partial charge in [0.05, 0.1) is 23.2 Å². The summed E-state index contributed by atoms with van der Waals surface area (Å²) >= 11 is 3.30. The first-order valence-electron chi connectivity index (χ1n) is 8.99. The Kier molecular flexibility index (Phi) is 6.36. The molecule has 2 aromatic rings. The van der Waals surface area contributed by atoms with E-state index >= 15 is 0 Å². The highest BCUT2D eigenvalue weighted by molar-refractivity contribution is 9.10. The second kappa shape index (κ2) is 8.81. The van der Waals surface area contributed by atoms with E-state index in [2.05, 4.69) is 26.6 Å². The van der Waals surface area contributed by atoms with Crippen LogP contribution in [0.1, 0.15) is 35.6 Å². The summed E-state index contributed by atoms with van der Waals surface area (Å²) in [6, 6.07) is 9.90. The van der Waals surface area contributed by atoms with Crippen LogP contribution in [0.15, 0.2) is 58.2 Å². The van der Waals surface area contributed by atoms with E-state index in [1.54, 1.807) is 0 Å². The minimum Gasteiger partial charge on any atom is -0.465 e. The fraction of sp³-hybridized carbons (Fsp3) is 0.190. The number of alkyl halides is 3. The molecule has 1 unspecified atom stereocenters. The molecule has 0 saturated heterocycles. The van der Waals surface area contributed by atoms with Gasteiger partial charge >= 0.3 is 12.3 Å². The molecule has 0 aromatic heterocycles. The third-order valence-electron chi connectivity index (χ3n) is 4.71. The van der Waals surface area contributed by atoms with Gasteiger partial charge in [-0.25, -0.2) is 4.79 Å². The number of anilines is 1. The Bertz CT molecular complexity index is 1120. The number of nitriles is 1. The number of carbonyl (C=O) groups is 2. The van der Waals surface area contributed by atoms with E-state index in [1.807, 2.05) is 6.07 Å². The van der Waals surface area contributed by atoms with E-state index in [4.69, 9.17) is 5.26 Å². The third-order valence-corrected chi connectivity index (χ3v) is 5.40. The molecule has 0 radical (unpaired) electrons. The lowest BCUT2D eigenvalue weighted by atomic mass is 9.95. The van der Waals surface area contributed by atoms with Crippen molar-refractivity contribution in [2.75, 3.05) is 5.32 Å². The predicted octanol–water partition coefficient (Wildman–Crippen LogP) is 5.38. The van der Waals surface area contributed by atoms with Crippen molar-refractivity contribution in [3.8, 4) is 6.07 Å². The average molecular weight is 494 g/mol. The molecule has 1 amide bonds. The van der Waals surface area contributed by atoms with Crippen molar-refractivity contribution in [1.29, 1.82) is 5.26 Å². The van der Waals surface area contributed by atoms with Crippen molar-refractivity contribution < 1.29 is 27.9 Å². The number of benzene rings is 2. The first kappa shape index (κ1) is 22.4. The number of Topliss-reactive ketones (excluding diaryl/α,β-unsaturated/α-hetero) is 1. The van der Waals surface area contributed by atoms with Crippen LogP contribution >= 0.6 is 15.9 Å². The Morgan fingerprint density at radius 2 is 1.94 bits per heavy atom. The van der Waals surface area contributed by atoms with Gasteiger partial charge in [-0.05, 0) is 42.3 Å². The van der Waals surface area contributed by atoms with Crippen molar-refractivity contribution >= 4 is 33.5 Å². The number of allylic oxidation sites excluding steroid dienone is 1. The summed E-state index contributed by atoms with van der Waals surface area (Å²) in [7, 11) is 0. The summed E-state index contributed by atoms with van der Waals surface area (Å²) < 4.78 is 39.5. The third kappa shape index (κ3) is 5.06. The number of nitrogens with one attached hydrogen (secondary N) is 2. The van der Waals surface area contributed by atoms with E-state index in [9.17, 15) is 27.9 Å². The summed E-state index contributed by atoms with van der Waals surface area (Å²) in [6.45, 7) is 0. The number of hydrogen-bond donors (Lipinski definition) is 3. The molecule has 1 aliphatic carbocycles. The van der Waals surface area contributed by atoms with E-state index in [-0.39, 0.29) is 29.9 Å². The minimum atomic E-state index is -4.53. The Morgan fingerprint density at radius 3 is 2.55 bits per heavy atom. The van der Waals surface area contributed by atoms with Gasteiger partial charge in [-0.2, -0.15) is 18.4 Å². The highest BCUT2D eigenvalue weighted by Gasteiger charge is 2.34. The van der Waals surface area contributed by atoms with Gasteiger partial charge in [-0.3, -0.25) is 4.79 Å². The van der Waals surface area contributed by atoms with Crippen LogP contribution < -0.4 is 10.6 Å². The molecular weight excluding hydrogens is 479 g/mol. The van der Waals surface area contributed by atoms with Crippen LogP contribution in [0, 0.1) is 11.3 Å². The van der Waals surface area contributed by atoms with Gasteiger partial charge in [0.2, 0.25) is 0 Å². The second-order valence-corrected chi connectivity index (χ2v) is 7.60. The molecule has 1 aliphatic rings. The number of carbonyl (C=O) groups excluding carboxylic acids is 1. The summed E-state index contributed by atoms with van der Waals surface area (Å²) in [6.07, 6.45) is -5.61. The lowest BCUT2D eigenvalue weighted by Gasteiger charge is -2.22. The van der Waals surface area contributed by atoms with Crippen LogP contribution in [0.25, 0.3) is 0 Å². The molecule has 0 spiro atoms. The van der Waals surface area contributed by atoms with Crippen molar-refractivity contribution in [2.24, 2.45) is 0 Å². The van der Waals surface area contributed by atoms with E-state index in [1.165, 1.54) is 30.3 Å². The molecule has 6 nitrogen and oxygen atoms in total. The maximum atomic E-state index is 13.0. The molecule has 31 heavy (non-hydrogen) atoms. The number of halogens is 4. The summed E-state index contributed by atoms with van der Waals surface area (Å²) in [4.78, 5) is 24.1. The highest BCUT2D eigenvalue weighted by atomic mass is 79.9. The molecule has 2 aromatic carbocycles. The number of ketones is 1. The Morgan fingerprint density at radius 1 is 1.19 bits per heavy atom. The molecule has 10 heteroatoms. The summed E-state index contributed by atoms with van der Waals surface area (Å²) in [5.74, 6) is -0.329. The van der Waals surface area contributed by atoms with Crippen LogP contribution in [0.5, 0.6) is 0 Å². The van der Waals surface area contributed by atoms with Crippen molar-refractivity contribution in [3.05, 3.63) is 74.9 Å². The number of rotatable bonds is 5. The van der Waals surface area contributed by atoms with Crippen LogP contribution in [0.3, 0.4) is 0 Å². The average Bonchev–Trinajstić information content (AvgIpc) is 3.05. The molecule has 0 aliphatic heterocycles. The van der Waals surface area contributed by atoms with Gasteiger partial charge in [-0.1, -0.05) is 28.1 Å². The molecule has 3 N–H and O–H groups in total.